The molecule has 3 heteroatoms. The van der Waals surface area contributed by atoms with Crippen molar-refractivity contribution in [3.8, 4) is 0 Å². The highest BCUT2D eigenvalue weighted by atomic mass is 16.3. The summed E-state index contributed by atoms with van der Waals surface area (Å²) in [6, 6.07) is 0.328. The molecule has 3 nitrogen and oxygen atoms in total. The minimum Gasteiger partial charge on any atom is -0.395 e. The Morgan fingerprint density at radius 1 is 1.40 bits per heavy atom. The molecule has 1 aliphatic heterocycles. The van der Waals surface area contributed by atoms with Gasteiger partial charge in [0.25, 0.3) is 0 Å². The standard InChI is InChI=1S/C12H26N2O/c1-5-6-7-14-10-12(2,3)13(4)8-11(14)9-15/h11,15H,5-10H2,1-4H3. The van der Waals surface area contributed by atoms with Crippen LogP contribution in [-0.2, 0) is 0 Å². The summed E-state index contributed by atoms with van der Waals surface area (Å²) in [4.78, 5) is 4.81. The van der Waals surface area contributed by atoms with Gasteiger partial charge in [-0.25, -0.2) is 0 Å². The first-order chi connectivity index (χ1) is 7.01. The lowest BCUT2D eigenvalue weighted by Crippen LogP contribution is -2.62. The molecule has 15 heavy (non-hydrogen) atoms. The van der Waals surface area contributed by atoms with Gasteiger partial charge in [-0.2, -0.15) is 0 Å². The van der Waals surface area contributed by atoms with Gasteiger partial charge in [0.05, 0.1) is 6.61 Å². The van der Waals surface area contributed by atoms with E-state index in [1.165, 1.54) is 12.8 Å². The summed E-state index contributed by atoms with van der Waals surface area (Å²) in [7, 11) is 2.15. The van der Waals surface area contributed by atoms with E-state index in [9.17, 15) is 5.11 Å². The molecule has 0 bridgehead atoms. The molecule has 1 unspecified atom stereocenters. The Bertz CT molecular complexity index is 194. The fourth-order valence-electron chi connectivity index (χ4n) is 2.22. The first kappa shape index (κ1) is 12.9. The van der Waals surface area contributed by atoms with E-state index in [0.29, 0.717) is 6.04 Å². The number of unbranched alkanes of at least 4 members (excludes halogenated alkanes) is 1. The van der Waals surface area contributed by atoms with Crippen LogP contribution in [0.15, 0.2) is 0 Å². The number of likely N-dealkylation sites (N-methyl/N-ethyl adjacent to an activating group) is 1. The number of aliphatic hydroxyl groups excluding tert-OH is 1. The molecule has 0 aromatic rings. The second-order valence-electron chi connectivity index (χ2n) is 5.35. The third-order valence-corrected chi connectivity index (χ3v) is 3.63. The van der Waals surface area contributed by atoms with Crippen LogP contribution in [0.4, 0.5) is 0 Å². The third kappa shape index (κ3) is 3.16. The molecule has 1 saturated heterocycles. The Hall–Kier alpha value is -0.120. The highest BCUT2D eigenvalue weighted by molar-refractivity contribution is 4.93. The minimum absolute atomic E-state index is 0.236. The average Bonchev–Trinajstić information content (AvgIpc) is 2.19. The lowest BCUT2D eigenvalue weighted by molar-refractivity contribution is -0.0209. The summed E-state index contributed by atoms with van der Waals surface area (Å²) >= 11 is 0. The van der Waals surface area contributed by atoms with Gasteiger partial charge >= 0.3 is 0 Å². The fourth-order valence-corrected chi connectivity index (χ4v) is 2.22. The number of piperazine rings is 1. The van der Waals surface area contributed by atoms with Crippen molar-refractivity contribution in [2.24, 2.45) is 0 Å². The van der Waals surface area contributed by atoms with Crippen molar-refractivity contribution in [1.82, 2.24) is 9.80 Å². The fraction of sp³-hybridized carbons (Fsp3) is 1.00. The largest absolute Gasteiger partial charge is 0.395 e. The summed E-state index contributed by atoms with van der Waals surface area (Å²) in [5, 5.41) is 9.38. The number of nitrogens with zero attached hydrogens (tertiary/aromatic N) is 2. The smallest absolute Gasteiger partial charge is 0.0599 e. The van der Waals surface area contributed by atoms with E-state index in [4.69, 9.17) is 0 Å². The van der Waals surface area contributed by atoms with E-state index in [1.807, 2.05) is 0 Å². The summed E-state index contributed by atoms with van der Waals surface area (Å²) in [6.07, 6.45) is 2.46. The van der Waals surface area contributed by atoms with Gasteiger partial charge < -0.3 is 5.11 Å². The SMILES string of the molecule is CCCCN1CC(C)(C)N(C)CC1CO. The van der Waals surface area contributed by atoms with Crippen molar-refractivity contribution in [1.29, 1.82) is 0 Å². The Morgan fingerprint density at radius 2 is 2.07 bits per heavy atom. The van der Waals surface area contributed by atoms with Crippen LogP contribution in [0.3, 0.4) is 0 Å². The van der Waals surface area contributed by atoms with Gasteiger partial charge in [0.1, 0.15) is 0 Å². The van der Waals surface area contributed by atoms with Crippen molar-refractivity contribution in [3.63, 3.8) is 0 Å². The lowest BCUT2D eigenvalue weighted by Gasteiger charge is -2.49. The van der Waals surface area contributed by atoms with Crippen molar-refractivity contribution >= 4 is 0 Å². The summed E-state index contributed by atoms with van der Waals surface area (Å²) in [6.45, 7) is 10.2. The predicted molar refractivity (Wildman–Crippen MR) is 64.1 cm³/mol. The number of rotatable bonds is 4. The summed E-state index contributed by atoms with van der Waals surface area (Å²) in [5.74, 6) is 0. The molecule has 0 saturated carbocycles. The van der Waals surface area contributed by atoms with E-state index in [2.05, 4.69) is 37.6 Å². The maximum absolute atomic E-state index is 9.38. The van der Waals surface area contributed by atoms with Gasteiger partial charge in [0, 0.05) is 24.7 Å². The van der Waals surface area contributed by atoms with Crippen molar-refractivity contribution in [2.45, 2.75) is 45.2 Å². The first-order valence-corrected chi connectivity index (χ1v) is 6.07. The van der Waals surface area contributed by atoms with Crippen LogP contribution in [0.2, 0.25) is 0 Å². The van der Waals surface area contributed by atoms with E-state index in [-0.39, 0.29) is 12.1 Å². The normalized spacial score (nSPS) is 28.2. The minimum atomic E-state index is 0.236. The van der Waals surface area contributed by atoms with E-state index in [0.717, 1.165) is 19.6 Å². The zero-order valence-corrected chi connectivity index (χ0v) is 10.7. The lowest BCUT2D eigenvalue weighted by atomic mass is 9.96. The molecular weight excluding hydrogens is 188 g/mol. The van der Waals surface area contributed by atoms with Crippen LogP contribution < -0.4 is 0 Å². The molecule has 0 radical (unpaired) electrons. The van der Waals surface area contributed by atoms with E-state index < -0.39 is 0 Å². The highest BCUT2D eigenvalue weighted by Gasteiger charge is 2.35. The highest BCUT2D eigenvalue weighted by Crippen LogP contribution is 2.22. The molecule has 1 heterocycles. The molecular formula is C12H26N2O. The van der Waals surface area contributed by atoms with Crippen molar-refractivity contribution in [3.05, 3.63) is 0 Å². The van der Waals surface area contributed by atoms with Crippen molar-refractivity contribution in [2.75, 3.05) is 33.3 Å². The molecule has 0 aromatic carbocycles. The number of hydrogen-bond acceptors (Lipinski definition) is 3. The molecule has 1 fully saturated rings. The van der Waals surface area contributed by atoms with Gasteiger partial charge in [0.15, 0.2) is 0 Å². The third-order valence-electron chi connectivity index (χ3n) is 3.63. The van der Waals surface area contributed by atoms with Gasteiger partial charge in [-0.05, 0) is 33.9 Å². The molecule has 1 N–H and O–H groups in total. The molecule has 0 aliphatic carbocycles. The maximum atomic E-state index is 9.38. The van der Waals surface area contributed by atoms with Crippen LogP contribution in [0.25, 0.3) is 0 Å². The second-order valence-corrected chi connectivity index (χ2v) is 5.35. The zero-order chi connectivity index (χ0) is 11.5. The average molecular weight is 214 g/mol. The molecule has 1 rings (SSSR count). The Morgan fingerprint density at radius 3 is 2.60 bits per heavy atom. The topological polar surface area (TPSA) is 26.7 Å². The number of hydrogen-bond donors (Lipinski definition) is 1. The maximum Gasteiger partial charge on any atom is 0.0599 e. The van der Waals surface area contributed by atoms with Crippen LogP contribution in [-0.4, -0.2) is 59.8 Å². The zero-order valence-electron chi connectivity index (χ0n) is 10.7. The molecule has 0 amide bonds. The quantitative estimate of drug-likeness (QED) is 0.761. The van der Waals surface area contributed by atoms with Gasteiger partial charge in [-0.3, -0.25) is 9.80 Å². The van der Waals surface area contributed by atoms with Crippen LogP contribution in [0.5, 0.6) is 0 Å². The second kappa shape index (κ2) is 5.28. The van der Waals surface area contributed by atoms with Gasteiger partial charge in [0.2, 0.25) is 0 Å². The van der Waals surface area contributed by atoms with Crippen LogP contribution in [0.1, 0.15) is 33.6 Å². The molecule has 0 aromatic heterocycles. The van der Waals surface area contributed by atoms with Crippen LogP contribution >= 0.6 is 0 Å². The Kier molecular flexibility index (Phi) is 4.56. The monoisotopic (exact) mass is 214 g/mol. The number of aliphatic hydroxyl groups is 1. The molecule has 0 spiro atoms. The molecule has 90 valence electrons. The van der Waals surface area contributed by atoms with E-state index in [1.54, 1.807) is 0 Å². The van der Waals surface area contributed by atoms with Gasteiger partial charge in [-0.1, -0.05) is 13.3 Å². The predicted octanol–water partition coefficient (Wildman–Crippen LogP) is 1.17. The van der Waals surface area contributed by atoms with E-state index >= 15 is 0 Å². The van der Waals surface area contributed by atoms with Gasteiger partial charge in [-0.15, -0.1) is 0 Å². The summed E-state index contributed by atoms with van der Waals surface area (Å²) in [5.41, 5.74) is 0.236. The Labute approximate surface area is 94.1 Å². The Balaban J connectivity index is 2.58. The first-order valence-electron chi connectivity index (χ1n) is 6.07. The van der Waals surface area contributed by atoms with Crippen molar-refractivity contribution < 1.29 is 5.11 Å². The van der Waals surface area contributed by atoms with Crippen LogP contribution in [0, 0.1) is 0 Å². The molecule has 1 aliphatic rings. The summed E-state index contributed by atoms with van der Waals surface area (Å²) < 4.78 is 0. The molecule has 1 atom stereocenters.